The highest BCUT2D eigenvalue weighted by molar-refractivity contribution is 7.86. The van der Waals surface area contributed by atoms with Gasteiger partial charge in [-0.25, -0.2) is 0 Å². The average Bonchev–Trinajstić information content (AvgIpc) is 2.41. The van der Waals surface area contributed by atoms with E-state index in [1.807, 2.05) is 12.1 Å². The highest BCUT2D eigenvalue weighted by Crippen LogP contribution is 2.37. The van der Waals surface area contributed by atoms with Crippen molar-refractivity contribution in [3.8, 4) is 5.75 Å². The quantitative estimate of drug-likeness (QED) is 0.615. The third-order valence-corrected chi connectivity index (χ3v) is 4.54. The molecule has 0 spiro atoms. The van der Waals surface area contributed by atoms with Crippen LogP contribution in [0.2, 0.25) is 5.02 Å². The van der Waals surface area contributed by atoms with Gasteiger partial charge in [0.25, 0.3) is 0 Å². The molecule has 1 fully saturated rings. The Bertz CT molecular complexity index is 607. The molecule has 1 aliphatic heterocycles. The maximum atomic E-state index is 11.3. The van der Waals surface area contributed by atoms with Gasteiger partial charge in [0.15, 0.2) is 5.75 Å². The van der Waals surface area contributed by atoms with Crippen molar-refractivity contribution in [1.82, 2.24) is 4.90 Å². The van der Waals surface area contributed by atoms with E-state index in [1.165, 1.54) is 0 Å². The Morgan fingerprint density at radius 2 is 2.10 bits per heavy atom. The smallest absolute Gasteiger partial charge is 0.306 e. The van der Waals surface area contributed by atoms with Crippen LogP contribution in [0.25, 0.3) is 0 Å². The van der Waals surface area contributed by atoms with E-state index in [2.05, 4.69) is 11.5 Å². The molecule has 0 aliphatic carbocycles. The number of piperidine rings is 1. The predicted molar refractivity (Wildman–Crippen MR) is 85.5 cm³/mol. The van der Waals surface area contributed by atoms with E-state index in [1.54, 1.807) is 12.1 Å². The van der Waals surface area contributed by atoms with Gasteiger partial charge in [0.2, 0.25) is 0 Å². The summed E-state index contributed by atoms with van der Waals surface area (Å²) in [6.07, 6.45) is 4.92. The Morgan fingerprint density at radius 1 is 1.43 bits per heavy atom. The third kappa shape index (κ3) is 4.46. The summed E-state index contributed by atoms with van der Waals surface area (Å²) in [7, 11) is -3.57. The Kier molecular flexibility index (Phi) is 5.30. The van der Waals surface area contributed by atoms with E-state index in [4.69, 9.17) is 15.8 Å². The first kappa shape index (κ1) is 16.3. The van der Waals surface area contributed by atoms with E-state index in [9.17, 15) is 8.42 Å². The van der Waals surface area contributed by atoms with Gasteiger partial charge >= 0.3 is 10.1 Å². The molecule has 0 saturated carbocycles. The maximum Gasteiger partial charge on any atom is 0.306 e. The molecule has 2 rings (SSSR count). The predicted octanol–water partition coefficient (Wildman–Crippen LogP) is 3.04. The molecular weight excluding hydrogens is 310 g/mol. The van der Waals surface area contributed by atoms with Crippen LogP contribution in [-0.2, 0) is 10.1 Å². The molecule has 0 bridgehead atoms. The molecule has 0 atom stereocenters. The number of hydrogen-bond donors (Lipinski definition) is 0. The summed E-state index contributed by atoms with van der Waals surface area (Å²) in [6, 6.07) is 5.32. The third-order valence-electron chi connectivity index (χ3n) is 3.65. The molecule has 1 aromatic rings. The van der Waals surface area contributed by atoms with E-state index < -0.39 is 10.1 Å². The minimum Gasteiger partial charge on any atom is -0.381 e. The second kappa shape index (κ2) is 6.81. The van der Waals surface area contributed by atoms with Gasteiger partial charge in [-0.3, -0.25) is 4.90 Å². The van der Waals surface area contributed by atoms with Gasteiger partial charge in [-0.1, -0.05) is 29.8 Å². The Morgan fingerprint density at radius 3 is 2.67 bits per heavy atom. The number of hydrogen-bond acceptors (Lipinski definition) is 4. The van der Waals surface area contributed by atoms with E-state index >= 15 is 0 Å². The summed E-state index contributed by atoms with van der Waals surface area (Å²) in [4.78, 5) is 2.34. The molecule has 1 heterocycles. The lowest BCUT2D eigenvalue weighted by atomic mass is 9.89. The SMILES string of the molecule is C=CCN1CCC(c2cccc(OS(C)(=O)=O)c2Cl)CC1. The molecule has 6 heteroatoms. The molecule has 0 aromatic heterocycles. The highest BCUT2D eigenvalue weighted by atomic mass is 35.5. The van der Waals surface area contributed by atoms with Crippen molar-refractivity contribution in [1.29, 1.82) is 0 Å². The van der Waals surface area contributed by atoms with Gasteiger partial charge in [0.1, 0.15) is 0 Å². The second-order valence-corrected chi connectivity index (χ2v) is 7.26. The normalized spacial score (nSPS) is 17.6. The summed E-state index contributed by atoms with van der Waals surface area (Å²) in [5.74, 6) is 0.548. The van der Waals surface area contributed by atoms with E-state index in [-0.39, 0.29) is 5.75 Å². The fraction of sp³-hybridized carbons (Fsp3) is 0.467. The summed E-state index contributed by atoms with van der Waals surface area (Å²) < 4.78 is 27.5. The van der Waals surface area contributed by atoms with Crippen LogP contribution in [0, 0.1) is 0 Å². The van der Waals surface area contributed by atoms with Gasteiger partial charge < -0.3 is 4.18 Å². The van der Waals surface area contributed by atoms with Crippen molar-refractivity contribution in [2.24, 2.45) is 0 Å². The molecule has 4 nitrogen and oxygen atoms in total. The molecule has 1 aromatic carbocycles. The largest absolute Gasteiger partial charge is 0.381 e. The van der Waals surface area contributed by atoms with Crippen molar-refractivity contribution in [3.05, 3.63) is 41.4 Å². The molecular formula is C15H20ClNO3S. The summed E-state index contributed by atoms with van der Waals surface area (Å²) >= 11 is 6.33. The fourth-order valence-corrected chi connectivity index (χ4v) is 3.51. The van der Waals surface area contributed by atoms with Crippen LogP contribution < -0.4 is 4.18 Å². The fourth-order valence-electron chi connectivity index (χ4n) is 2.68. The minimum absolute atomic E-state index is 0.213. The molecule has 0 unspecified atom stereocenters. The lowest BCUT2D eigenvalue weighted by Crippen LogP contribution is -2.33. The van der Waals surface area contributed by atoms with Gasteiger partial charge in [-0.2, -0.15) is 8.42 Å². The Labute approximate surface area is 131 Å². The molecule has 0 radical (unpaired) electrons. The molecule has 21 heavy (non-hydrogen) atoms. The molecule has 0 N–H and O–H groups in total. The van der Waals surface area contributed by atoms with E-state index in [0.717, 1.165) is 44.3 Å². The van der Waals surface area contributed by atoms with Gasteiger partial charge in [0, 0.05) is 6.54 Å². The monoisotopic (exact) mass is 329 g/mol. The summed E-state index contributed by atoms with van der Waals surface area (Å²) in [6.45, 7) is 6.64. The first-order chi connectivity index (χ1) is 9.90. The van der Waals surface area contributed by atoms with Crippen LogP contribution in [0.5, 0.6) is 5.75 Å². The average molecular weight is 330 g/mol. The first-order valence-electron chi connectivity index (χ1n) is 6.92. The topological polar surface area (TPSA) is 46.6 Å². The van der Waals surface area contributed by atoms with Crippen LogP contribution in [0.3, 0.4) is 0 Å². The molecule has 1 saturated heterocycles. The zero-order valence-corrected chi connectivity index (χ0v) is 13.7. The van der Waals surface area contributed by atoms with Crippen LogP contribution >= 0.6 is 11.6 Å². The van der Waals surface area contributed by atoms with Crippen molar-refractivity contribution in [2.75, 3.05) is 25.9 Å². The van der Waals surface area contributed by atoms with Crippen molar-refractivity contribution in [3.63, 3.8) is 0 Å². The number of benzene rings is 1. The van der Waals surface area contributed by atoms with Crippen molar-refractivity contribution in [2.45, 2.75) is 18.8 Å². The minimum atomic E-state index is -3.57. The van der Waals surface area contributed by atoms with Crippen LogP contribution in [0.1, 0.15) is 24.3 Å². The Balaban J connectivity index is 2.14. The zero-order chi connectivity index (χ0) is 15.5. The van der Waals surface area contributed by atoms with Gasteiger partial charge in [-0.15, -0.1) is 6.58 Å². The lowest BCUT2D eigenvalue weighted by Gasteiger charge is -2.31. The molecule has 1 aliphatic rings. The first-order valence-corrected chi connectivity index (χ1v) is 9.11. The lowest BCUT2D eigenvalue weighted by molar-refractivity contribution is 0.232. The molecule has 0 amide bonds. The second-order valence-electron chi connectivity index (χ2n) is 5.31. The van der Waals surface area contributed by atoms with Crippen LogP contribution in [0.4, 0.5) is 0 Å². The maximum absolute atomic E-state index is 11.3. The molecule has 116 valence electrons. The number of nitrogens with zero attached hydrogens (tertiary/aromatic N) is 1. The van der Waals surface area contributed by atoms with E-state index in [0.29, 0.717) is 10.9 Å². The number of halogens is 1. The van der Waals surface area contributed by atoms with Crippen molar-refractivity contribution < 1.29 is 12.6 Å². The summed E-state index contributed by atoms with van der Waals surface area (Å²) in [5.41, 5.74) is 0.969. The summed E-state index contributed by atoms with van der Waals surface area (Å²) in [5, 5.41) is 0.407. The van der Waals surface area contributed by atoms with Gasteiger partial charge in [-0.05, 0) is 43.5 Å². The standard InChI is InChI=1S/C15H20ClNO3S/c1-3-9-17-10-7-12(8-11-17)13-5-4-6-14(15(13)16)20-21(2,18)19/h3-6,12H,1,7-11H2,2H3. The number of likely N-dealkylation sites (tertiary alicyclic amines) is 1. The highest BCUT2D eigenvalue weighted by Gasteiger charge is 2.23. The number of rotatable bonds is 5. The van der Waals surface area contributed by atoms with Crippen LogP contribution in [0.15, 0.2) is 30.9 Å². The van der Waals surface area contributed by atoms with Crippen molar-refractivity contribution >= 4 is 21.7 Å². The van der Waals surface area contributed by atoms with Crippen LogP contribution in [-0.4, -0.2) is 39.2 Å². The Hall–Kier alpha value is -1.04. The zero-order valence-electron chi connectivity index (χ0n) is 12.1. The van der Waals surface area contributed by atoms with Gasteiger partial charge in [0.05, 0.1) is 11.3 Å².